The van der Waals surface area contributed by atoms with Crippen LogP contribution in [0.4, 0.5) is 11.4 Å². The number of rotatable bonds is 8. The molecule has 0 aliphatic heterocycles. The minimum absolute atomic E-state index is 0.00863. The van der Waals surface area contributed by atoms with Gasteiger partial charge in [-0.2, -0.15) is 0 Å². The molecule has 2 rings (SSSR count). The summed E-state index contributed by atoms with van der Waals surface area (Å²) in [6, 6.07) is 14.2. The highest BCUT2D eigenvalue weighted by Gasteiger charge is 2.11. The third kappa shape index (κ3) is 5.91. The average Bonchev–Trinajstić information content (AvgIpc) is 2.59. The van der Waals surface area contributed by atoms with Gasteiger partial charge in [0.15, 0.2) is 0 Å². The van der Waals surface area contributed by atoms with E-state index in [1.165, 1.54) is 6.07 Å². The van der Waals surface area contributed by atoms with Gasteiger partial charge in [-0.1, -0.05) is 44.2 Å². The number of para-hydroxylation sites is 1. The van der Waals surface area contributed by atoms with Crippen LogP contribution in [0.5, 0.6) is 0 Å². The molecule has 0 atom stereocenters. The molecule has 0 saturated heterocycles. The molecule has 0 saturated carbocycles. The molecule has 6 heteroatoms. The van der Waals surface area contributed by atoms with Gasteiger partial charge >= 0.3 is 0 Å². The first-order valence-corrected chi connectivity index (χ1v) is 8.27. The highest BCUT2D eigenvalue weighted by atomic mass is 16.6. The van der Waals surface area contributed by atoms with Crippen molar-refractivity contribution in [3.05, 3.63) is 69.8 Å². The Kier molecular flexibility index (Phi) is 6.51. The fourth-order valence-corrected chi connectivity index (χ4v) is 2.34. The second-order valence-corrected chi connectivity index (χ2v) is 6.31. The average molecular weight is 341 g/mol. The summed E-state index contributed by atoms with van der Waals surface area (Å²) in [7, 11) is 0. The van der Waals surface area contributed by atoms with Gasteiger partial charge in [0.05, 0.1) is 11.3 Å². The van der Waals surface area contributed by atoms with Crippen molar-refractivity contribution in [1.29, 1.82) is 0 Å². The molecule has 2 aromatic carbocycles. The molecule has 2 aromatic rings. The number of nitrogens with one attached hydrogen (secondary N) is 2. The number of carbonyl (C=O) groups excluding carboxylic acids is 1. The predicted octanol–water partition coefficient (Wildman–Crippen LogP) is 3.52. The van der Waals surface area contributed by atoms with Crippen LogP contribution in [0.3, 0.4) is 0 Å². The van der Waals surface area contributed by atoms with Crippen molar-refractivity contribution < 1.29 is 9.72 Å². The summed E-state index contributed by atoms with van der Waals surface area (Å²) in [5.74, 6) is 0.437. The lowest BCUT2D eigenvalue weighted by atomic mass is 10.1. The molecule has 6 nitrogen and oxygen atoms in total. The van der Waals surface area contributed by atoms with Crippen molar-refractivity contribution in [3.8, 4) is 0 Å². The van der Waals surface area contributed by atoms with Gasteiger partial charge in [0, 0.05) is 30.4 Å². The van der Waals surface area contributed by atoms with Gasteiger partial charge in [0.25, 0.3) is 5.69 Å². The maximum Gasteiger partial charge on any atom is 0.274 e. The van der Waals surface area contributed by atoms with Gasteiger partial charge in [0.2, 0.25) is 5.91 Å². The highest BCUT2D eigenvalue weighted by molar-refractivity contribution is 5.78. The Morgan fingerprint density at radius 1 is 1.12 bits per heavy atom. The van der Waals surface area contributed by atoms with Crippen LogP contribution in [0.1, 0.15) is 25.0 Å². The molecule has 0 radical (unpaired) electrons. The zero-order valence-electron chi connectivity index (χ0n) is 14.5. The van der Waals surface area contributed by atoms with Crippen molar-refractivity contribution in [2.75, 3.05) is 11.9 Å². The van der Waals surface area contributed by atoms with Crippen LogP contribution in [0.15, 0.2) is 48.5 Å². The highest BCUT2D eigenvalue weighted by Crippen LogP contribution is 2.19. The number of hydrogen-bond donors (Lipinski definition) is 2. The first-order valence-electron chi connectivity index (χ1n) is 8.27. The topological polar surface area (TPSA) is 84.3 Å². The van der Waals surface area contributed by atoms with Crippen LogP contribution in [0.25, 0.3) is 0 Å². The summed E-state index contributed by atoms with van der Waals surface area (Å²) in [4.78, 5) is 22.5. The van der Waals surface area contributed by atoms with Crippen molar-refractivity contribution in [3.63, 3.8) is 0 Å². The fraction of sp³-hybridized carbons (Fsp3) is 0.316. The Morgan fingerprint density at radius 2 is 1.80 bits per heavy atom. The largest absolute Gasteiger partial charge is 0.381 e. The number of hydrogen-bond acceptors (Lipinski definition) is 4. The van der Waals surface area contributed by atoms with Gasteiger partial charge in [-0.05, 0) is 23.6 Å². The van der Waals surface area contributed by atoms with E-state index in [0.29, 0.717) is 31.0 Å². The van der Waals surface area contributed by atoms with Crippen molar-refractivity contribution in [2.24, 2.45) is 5.92 Å². The van der Waals surface area contributed by atoms with Crippen molar-refractivity contribution in [1.82, 2.24) is 5.32 Å². The maximum absolute atomic E-state index is 11.8. The maximum atomic E-state index is 11.8. The van der Waals surface area contributed by atoms with Gasteiger partial charge in [-0.15, -0.1) is 0 Å². The molecule has 0 aliphatic rings. The number of nitrogens with zero attached hydrogens (tertiary/aromatic N) is 1. The molecule has 1 amide bonds. The van der Waals surface area contributed by atoms with Crippen LogP contribution < -0.4 is 10.6 Å². The lowest BCUT2D eigenvalue weighted by Gasteiger charge is -2.09. The van der Waals surface area contributed by atoms with E-state index < -0.39 is 0 Å². The van der Waals surface area contributed by atoms with E-state index in [0.717, 1.165) is 11.3 Å². The molecule has 2 N–H and O–H groups in total. The third-order valence-corrected chi connectivity index (χ3v) is 3.70. The van der Waals surface area contributed by atoms with E-state index in [-0.39, 0.29) is 16.5 Å². The van der Waals surface area contributed by atoms with E-state index >= 15 is 0 Å². The van der Waals surface area contributed by atoms with Crippen LogP contribution in [-0.2, 0) is 17.8 Å². The summed E-state index contributed by atoms with van der Waals surface area (Å²) >= 11 is 0. The molecule has 0 aliphatic carbocycles. The second kappa shape index (κ2) is 8.82. The summed E-state index contributed by atoms with van der Waals surface area (Å²) in [6.45, 7) is 5.15. The minimum atomic E-state index is -0.379. The molecular formula is C19H23N3O3. The molecule has 132 valence electrons. The fourth-order valence-electron chi connectivity index (χ4n) is 2.34. The summed E-state index contributed by atoms with van der Waals surface area (Å²) in [5.41, 5.74) is 2.51. The van der Waals surface area contributed by atoms with Gasteiger partial charge in [0.1, 0.15) is 0 Å². The first-order chi connectivity index (χ1) is 12.0. The smallest absolute Gasteiger partial charge is 0.274 e. The number of anilines is 1. The van der Waals surface area contributed by atoms with Crippen LogP contribution >= 0.6 is 0 Å². The van der Waals surface area contributed by atoms with Crippen LogP contribution in [-0.4, -0.2) is 17.4 Å². The molecule has 25 heavy (non-hydrogen) atoms. The zero-order chi connectivity index (χ0) is 18.2. The van der Waals surface area contributed by atoms with E-state index in [9.17, 15) is 14.9 Å². The minimum Gasteiger partial charge on any atom is -0.381 e. The van der Waals surface area contributed by atoms with E-state index in [4.69, 9.17) is 0 Å². The van der Waals surface area contributed by atoms with Gasteiger partial charge < -0.3 is 10.6 Å². The molecule has 0 unspecified atom stereocenters. The standard InChI is InChI=1S/C19H23N3O3/c1-14(2)12-21-19(23)11-15-7-9-17(10-8-15)20-13-16-5-3-4-6-18(16)22(24)25/h3-10,14,20H,11-13H2,1-2H3,(H,21,23). The number of nitro groups is 1. The predicted molar refractivity (Wildman–Crippen MR) is 98.4 cm³/mol. The van der Waals surface area contributed by atoms with E-state index in [2.05, 4.69) is 24.5 Å². The van der Waals surface area contributed by atoms with E-state index in [1.807, 2.05) is 24.3 Å². The Morgan fingerprint density at radius 3 is 2.44 bits per heavy atom. The molecule has 0 bridgehead atoms. The molecule has 0 fully saturated rings. The number of benzene rings is 2. The Labute approximate surface area is 147 Å². The lowest BCUT2D eigenvalue weighted by molar-refractivity contribution is -0.385. The van der Waals surface area contributed by atoms with Crippen molar-refractivity contribution in [2.45, 2.75) is 26.8 Å². The normalized spacial score (nSPS) is 10.5. The van der Waals surface area contributed by atoms with Crippen molar-refractivity contribution >= 4 is 17.3 Å². The van der Waals surface area contributed by atoms with Crippen LogP contribution in [0.2, 0.25) is 0 Å². The summed E-state index contributed by atoms with van der Waals surface area (Å²) in [5, 5.41) is 17.1. The molecule has 0 spiro atoms. The Bertz CT molecular complexity index is 727. The SMILES string of the molecule is CC(C)CNC(=O)Cc1ccc(NCc2ccccc2[N+](=O)[O-])cc1. The number of nitro benzene ring substituents is 1. The number of carbonyl (C=O) groups is 1. The van der Waals surface area contributed by atoms with Crippen LogP contribution in [0, 0.1) is 16.0 Å². The quantitative estimate of drug-likeness (QED) is 0.568. The summed E-state index contributed by atoms with van der Waals surface area (Å²) < 4.78 is 0. The lowest BCUT2D eigenvalue weighted by Crippen LogP contribution is -2.28. The first kappa shape index (κ1) is 18.4. The number of amides is 1. The van der Waals surface area contributed by atoms with Gasteiger partial charge in [-0.25, -0.2) is 0 Å². The molecule has 0 heterocycles. The van der Waals surface area contributed by atoms with E-state index in [1.54, 1.807) is 18.2 Å². The monoisotopic (exact) mass is 341 g/mol. The third-order valence-electron chi connectivity index (χ3n) is 3.70. The Balaban J connectivity index is 1.91. The zero-order valence-corrected chi connectivity index (χ0v) is 14.5. The van der Waals surface area contributed by atoms with Gasteiger partial charge in [-0.3, -0.25) is 14.9 Å². The summed E-state index contributed by atoms with van der Waals surface area (Å²) in [6.07, 6.45) is 0.344. The molecule has 0 aromatic heterocycles. The Hall–Kier alpha value is -2.89. The molecular weight excluding hydrogens is 318 g/mol. The second-order valence-electron chi connectivity index (χ2n) is 6.31.